The molecule has 0 aliphatic carbocycles. The highest BCUT2D eigenvalue weighted by atomic mass is 16.4. The molecule has 0 aromatic heterocycles. The molecule has 2 atom stereocenters. The normalized spacial score (nSPS) is 14.3. The second-order valence-corrected chi connectivity index (χ2v) is 4.92. The van der Waals surface area contributed by atoms with Gasteiger partial charge in [-0.25, -0.2) is 0 Å². The topological polar surface area (TPSA) is 83.5 Å². The summed E-state index contributed by atoms with van der Waals surface area (Å²) in [6.07, 6.45) is 0.265. The van der Waals surface area contributed by atoms with Crippen LogP contribution in [-0.2, 0) is 14.4 Å². The lowest BCUT2D eigenvalue weighted by atomic mass is 9.88. The van der Waals surface area contributed by atoms with Gasteiger partial charge in [-0.2, -0.15) is 0 Å². The molecule has 2 unspecified atom stereocenters. The number of ketones is 2. The Morgan fingerprint density at radius 3 is 2.11 bits per heavy atom. The van der Waals surface area contributed by atoms with Crippen molar-refractivity contribution in [2.24, 2.45) is 11.8 Å². The Morgan fingerprint density at radius 2 is 1.78 bits per heavy atom. The van der Waals surface area contributed by atoms with Crippen molar-refractivity contribution in [3.05, 3.63) is 0 Å². The zero-order chi connectivity index (χ0) is 14.3. The molecule has 0 radical (unpaired) electrons. The number of rotatable bonds is 9. The van der Waals surface area contributed by atoms with E-state index >= 15 is 0 Å². The van der Waals surface area contributed by atoms with Gasteiger partial charge in [-0.1, -0.05) is 13.8 Å². The number of carboxylic acids is 1. The number of nitrogens with one attached hydrogen (secondary N) is 1. The molecule has 5 nitrogen and oxygen atoms in total. The molecule has 0 aliphatic heterocycles. The van der Waals surface area contributed by atoms with Crippen molar-refractivity contribution in [3.63, 3.8) is 0 Å². The molecule has 0 bridgehead atoms. The van der Waals surface area contributed by atoms with Crippen molar-refractivity contribution < 1.29 is 19.5 Å². The van der Waals surface area contributed by atoms with Gasteiger partial charge in [0.1, 0.15) is 5.78 Å². The summed E-state index contributed by atoms with van der Waals surface area (Å²) in [7, 11) is 1.71. The molecule has 0 rings (SSSR count). The first-order valence-corrected chi connectivity index (χ1v) is 6.21. The lowest BCUT2D eigenvalue weighted by Crippen LogP contribution is -2.40. The summed E-state index contributed by atoms with van der Waals surface area (Å²) in [6, 6.07) is -0.281. The van der Waals surface area contributed by atoms with Gasteiger partial charge in [0.25, 0.3) is 0 Å². The highest BCUT2D eigenvalue weighted by Crippen LogP contribution is 2.16. The van der Waals surface area contributed by atoms with Gasteiger partial charge in [0.05, 0.1) is 6.04 Å². The number of likely N-dealkylation sites (N-methyl/N-ethyl adjacent to an activating group) is 1. The molecule has 0 saturated heterocycles. The van der Waals surface area contributed by atoms with Gasteiger partial charge in [-0.15, -0.1) is 0 Å². The van der Waals surface area contributed by atoms with E-state index < -0.39 is 11.9 Å². The van der Waals surface area contributed by atoms with Gasteiger partial charge in [-0.05, 0) is 26.3 Å². The molecule has 0 fully saturated rings. The van der Waals surface area contributed by atoms with Gasteiger partial charge >= 0.3 is 5.97 Å². The second-order valence-electron chi connectivity index (χ2n) is 4.92. The maximum absolute atomic E-state index is 12.0. The zero-order valence-electron chi connectivity index (χ0n) is 11.5. The van der Waals surface area contributed by atoms with Crippen LogP contribution in [0, 0.1) is 11.8 Å². The minimum atomic E-state index is -0.942. The summed E-state index contributed by atoms with van der Waals surface area (Å²) >= 11 is 0. The van der Waals surface area contributed by atoms with E-state index in [0.717, 1.165) is 0 Å². The molecule has 0 aromatic rings. The van der Waals surface area contributed by atoms with Crippen LogP contribution in [0.5, 0.6) is 0 Å². The Hall–Kier alpha value is -1.23. The van der Waals surface area contributed by atoms with E-state index in [2.05, 4.69) is 5.32 Å². The number of carbonyl (C=O) groups is 3. The minimum absolute atomic E-state index is 0.0295. The third-order valence-electron chi connectivity index (χ3n) is 3.05. The highest BCUT2D eigenvalue weighted by Gasteiger charge is 2.25. The molecule has 0 spiro atoms. The fraction of sp³-hybridized carbons (Fsp3) is 0.769. The lowest BCUT2D eigenvalue weighted by molar-refractivity contribution is -0.138. The quantitative estimate of drug-likeness (QED) is 0.649. The largest absolute Gasteiger partial charge is 0.481 e. The van der Waals surface area contributed by atoms with E-state index in [1.54, 1.807) is 7.05 Å². The monoisotopic (exact) mass is 257 g/mol. The van der Waals surface area contributed by atoms with E-state index in [1.807, 2.05) is 13.8 Å². The van der Waals surface area contributed by atoms with Gasteiger partial charge < -0.3 is 10.4 Å². The number of carbonyl (C=O) groups excluding carboxylic acids is 2. The van der Waals surface area contributed by atoms with Gasteiger partial charge in [-0.3, -0.25) is 14.4 Å². The predicted octanol–water partition coefficient (Wildman–Crippen LogP) is 1.26. The molecular weight excluding hydrogens is 234 g/mol. The fourth-order valence-corrected chi connectivity index (χ4v) is 1.98. The number of carboxylic acid groups (broad SMARTS) is 1. The molecule has 104 valence electrons. The van der Waals surface area contributed by atoms with E-state index in [-0.39, 0.29) is 42.8 Å². The SMILES string of the molecule is CNC(C(=O)CC(CCC(=O)O)C(C)=O)C(C)C. The fourth-order valence-electron chi connectivity index (χ4n) is 1.98. The first kappa shape index (κ1) is 16.8. The van der Waals surface area contributed by atoms with Crippen LogP contribution in [0.25, 0.3) is 0 Å². The Balaban J connectivity index is 4.53. The van der Waals surface area contributed by atoms with E-state index in [1.165, 1.54) is 6.92 Å². The van der Waals surface area contributed by atoms with Crippen molar-refractivity contribution in [2.45, 2.75) is 46.1 Å². The minimum Gasteiger partial charge on any atom is -0.481 e. The average Bonchev–Trinajstić information content (AvgIpc) is 2.23. The van der Waals surface area contributed by atoms with E-state index in [9.17, 15) is 14.4 Å². The molecular formula is C13H23NO4. The van der Waals surface area contributed by atoms with Gasteiger partial charge in [0.2, 0.25) is 0 Å². The van der Waals surface area contributed by atoms with Crippen molar-refractivity contribution in [1.82, 2.24) is 5.32 Å². The summed E-state index contributed by atoms with van der Waals surface area (Å²) in [5, 5.41) is 11.5. The summed E-state index contributed by atoms with van der Waals surface area (Å²) in [6.45, 7) is 5.27. The van der Waals surface area contributed by atoms with Gasteiger partial charge in [0.15, 0.2) is 5.78 Å². The smallest absolute Gasteiger partial charge is 0.303 e. The standard InChI is InChI=1S/C13H23NO4/c1-8(2)13(14-4)11(16)7-10(9(3)15)5-6-12(17)18/h8,10,13-14H,5-7H2,1-4H3,(H,17,18). The molecule has 18 heavy (non-hydrogen) atoms. The third kappa shape index (κ3) is 5.91. The molecule has 0 aromatic carbocycles. The number of aliphatic carboxylic acids is 1. The van der Waals surface area contributed by atoms with Crippen LogP contribution >= 0.6 is 0 Å². The molecule has 2 N–H and O–H groups in total. The van der Waals surface area contributed by atoms with Crippen LogP contribution in [0.4, 0.5) is 0 Å². The molecule has 0 aliphatic rings. The Bertz CT molecular complexity index is 312. The lowest BCUT2D eigenvalue weighted by Gasteiger charge is -2.21. The van der Waals surface area contributed by atoms with Crippen LogP contribution in [0.1, 0.15) is 40.0 Å². The van der Waals surface area contributed by atoms with Crippen LogP contribution in [-0.4, -0.2) is 35.7 Å². The van der Waals surface area contributed by atoms with Crippen LogP contribution < -0.4 is 5.32 Å². The predicted molar refractivity (Wildman–Crippen MR) is 68.4 cm³/mol. The van der Waals surface area contributed by atoms with Crippen molar-refractivity contribution >= 4 is 17.5 Å². The number of Topliss-reactive ketones (excluding diaryl/α,β-unsaturated/α-hetero) is 2. The zero-order valence-corrected chi connectivity index (χ0v) is 11.5. The Labute approximate surface area is 108 Å². The van der Waals surface area contributed by atoms with Gasteiger partial charge in [0, 0.05) is 18.8 Å². The Morgan fingerprint density at radius 1 is 1.22 bits per heavy atom. The highest BCUT2D eigenvalue weighted by molar-refractivity contribution is 5.90. The van der Waals surface area contributed by atoms with E-state index in [4.69, 9.17) is 5.11 Å². The molecule has 0 amide bonds. The summed E-state index contributed by atoms with van der Waals surface area (Å²) in [5.41, 5.74) is 0. The maximum atomic E-state index is 12.0. The summed E-state index contributed by atoms with van der Waals surface area (Å²) in [5.74, 6) is -1.43. The third-order valence-corrected chi connectivity index (χ3v) is 3.05. The average molecular weight is 257 g/mol. The van der Waals surface area contributed by atoms with Crippen LogP contribution in [0.3, 0.4) is 0 Å². The van der Waals surface area contributed by atoms with E-state index in [0.29, 0.717) is 0 Å². The number of hydrogen-bond acceptors (Lipinski definition) is 4. The van der Waals surface area contributed by atoms with Crippen molar-refractivity contribution in [3.8, 4) is 0 Å². The number of hydrogen-bond donors (Lipinski definition) is 2. The van der Waals surface area contributed by atoms with Crippen molar-refractivity contribution in [1.29, 1.82) is 0 Å². The first-order chi connectivity index (χ1) is 8.29. The summed E-state index contributed by atoms with van der Waals surface area (Å²) < 4.78 is 0. The summed E-state index contributed by atoms with van der Waals surface area (Å²) in [4.78, 5) is 33.9. The van der Waals surface area contributed by atoms with Crippen molar-refractivity contribution in [2.75, 3.05) is 7.05 Å². The van der Waals surface area contributed by atoms with Crippen LogP contribution in [0.15, 0.2) is 0 Å². The second kappa shape index (κ2) is 7.97. The Kier molecular flexibility index (Phi) is 7.43. The van der Waals surface area contributed by atoms with Crippen LogP contribution in [0.2, 0.25) is 0 Å². The first-order valence-electron chi connectivity index (χ1n) is 6.21. The maximum Gasteiger partial charge on any atom is 0.303 e. The molecule has 5 heteroatoms. The molecule has 0 heterocycles. The molecule has 0 saturated carbocycles.